The highest BCUT2D eigenvalue weighted by molar-refractivity contribution is 6.43. The Morgan fingerprint density at radius 3 is 2.30 bits per heavy atom. The summed E-state index contributed by atoms with van der Waals surface area (Å²) >= 11 is 12.9. The molecule has 6 rings (SSSR count). The number of aromatic hydroxyl groups is 1. The monoisotopic (exact) mass is 617 g/mol. The van der Waals surface area contributed by atoms with Crippen molar-refractivity contribution in [3.05, 3.63) is 117 Å². The molecule has 4 aromatic carbocycles. The van der Waals surface area contributed by atoms with Crippen molar-refractivity contribution in [1.82, 2.24) is 10.2 Å². The van der Waals surface area contributed by atoms with Crippen LogP contribution in [-0.2, 0) is 0 Å². The van der Waals surface area contributed by atoms with Crippen LogP contribution in [0.25, 0.3) is 11.1 Å². The minimum absolute atomic E-state index is 0.0720. The summed E-state index contributed by atoms with van der Waals surface area (Å²) in [6, 6.07) is 25.1. The Bertz CT molecular complexity index is 1600. The molecule has 1 saturated carbocycles. The Balaban J connectivity index is 1.35. The smallest absolute Gasteiger partial charge is 0.251 e. The first-order valence-corrected chi connectivity index (χ1v) is 15.6. The van der Waals surface area contributed by atoms with E-state index in [2.05, 4.69) is 15.1 Å². The van der Waals surface area contributed by atoms with Gasteiger partial charge in [0, 0.05) is 43.3 Å². The summed E-state index contributed by atoms with van der Waals surface area (Å²) in [5.41, 5.74) is 4.87. The molecule has 1 unspecified atom stereocenters. The maximum Gasteiger partial charge on any atom is 0.251 e. The zero-order chi connectivity index (χ0) is 29.9. The van der Waals surface area contributed by atoms with Crippen LogP contribution in [0.2, 0.25) is 10.0 Å². The molecule has 1 saturated heterocycles. The topological polar surface area (TPSA) is 55.8 Å². The number of halogens is 3. The highest BCUT2D eigenvalue weighted by atomic mass is 35.5. The Morgan fingerprint density at radius 1 is 0.860 bits per heavy atom. The molecule has 0 bridgehead atoms. The first kappa shape index (κ1) is 29.5. The van der Waals surface area contributed by atoms with Gasteiger partial charge in [0.05, 0.1) is 21.8 Å². The van der Waals surface area contributed by atoms with E-state index in [0.717, 1.165) is 53.6 Å². The van der Waals surface area contributed by atoms with Gasteiger partial charge in [0.2, 0.25) is 0 Å². The number of piperazine rings is 1. The van der Waals surface area contributed by atoms with E-state index >= 15 is 0 Å². The van der Waals surface area contributed by atoms with Gasteiger partial charge in [-0.1, -0.05) is 72.4 Å². The summed E-state index contributed by atoms with van der Waals surface area (Å²) in [6.45, 7) is 2.78. The lowest BCUT2D eigenvalue weighted by atomic mass is 9.91. The van der Waals surface area contributed by atoms with Gasteiger partial charge in [-0.3, -0.25) is 9.69 Å². The zero-order valence-corrected chi connectivity index (χ0v) is 25.3. The standard InChI is InChI=1S/C35H34Cl2FN3O2/c36-30-9-4-10-31(33(30)37)40-17-19-41(20-18-40)34(25-5-3-6-26(21-25)35(43)39-28-7-1-2-8-28)29-22-24(13-16-32(29)42)23-11-14-27(38)15-12-23/h3-6,9-16,21-22,28,34,42H,1-2,7-8,17-20H2,(H,39,43). The molecular formula is C35H34Cl2FN3O2. The van der Waals surface area contributed by atoms with E-state index in [1.54, 1.807) is 24.3 Å². The molecule has 43 heavy (non-hydrogen) atoms. The summed E-state index contributed by atoms with van der Waals surface area (Å²) in [7, 11) is 0. The molecule has 222 valence electrons. The van der Waals surface area contributed by atoms with Crippen LogP contribution in [0.5, 0.6) is 5.75 Å². The summed E-state index contributed by atoms with van der Waals surface area (Å²) in [4.78, 5) is 17.8. The van der Waals surface area contributed by atoms with E-state index < -0.39 is 0 Å². The fraction of sp³-hybridized carbons (Fsp3) is 0.286. The minimum atomic E-state index is -0.323. The number of hydrogen-bond acceptors (Lipinski definition) is 4. The van der Waals surface area contributed by atoms with Gasteiger partial charge in [-0.2, -0.15) is 0 Å². The molecule has 2 N–H and O–H groups in total. The summed E-state index contributed by atoms with van der Waals surface area (Å²) < 4.78 is 13.7. The minimum Gasteiger partial charge on any atom is -0.508 e. The van der Waals surface area contributed by atoms with Crippen molar-refractivity contribution in [1.29, 1.82) is 0 Å². The molecule has 5 nitrogen and oxygen atoms in total. The largest absolute Gasteiger partial charge is 0.508 e. The summed E-state index contributed by atoms with van der Waals surface area (Å²) in [5.74, 6) is -0.208. The Kier molecular flexibility index (Phi) is 8.89. The number of carbonyl (C=O) groups is 1. The number of amides is 1. The fourth-order valence-corrected chi connectivity index (χ4v) is 6.74. The van der Waals surface area contributed by atoms with E-state index in [-0.39, 0.29) is 29.6 Å². The third-order valence-electron chi connectivity index (χ3n) is 8.61. The molecule has 4 aromatic rings. The Morgan fingerprint density at radius 2 is 1.56 bits per heavy atom. The van der Waals surface area contributed by atoms with Crippen LogP contribution in [-0.4, -0.2) is 48.1 Å². The molecule has 1 atom stereocenters. The third-order valence-corrected chi connectivity index (χ3v) is 9.41. The second-order valence-corrected chi connectivity index (χ2v) is 12.1. The molecular weight excluding hydrogens is 584 g/mol. The van der Waals surface area contributed by atoms with Crippen molar-refractivity contribution >= 4 is 34.8 Å². The number of benzene rings is 4. The Labute approximate surface area is 261 Å². The normalized spacial score (nSPS) is 16.8. The lowest BCUT2D eigenvalue weighted by molar-refractivity contribution is 0.0937. The van der Waals surface area contributed by atoms with Crippen LogP contribution in [0, 0.1) is 5.82 Å². The highest BCUT2D eigenvalue weighted by Gasteiger charge is 2.30. The number of hydrogen-bond donors (Lipinski definition) is 2. The van der Waals surface area contributed by atoms with E-state index in [0.29, 0.717) is 41.8 Å². The maximum atomic E-state index is 13.7. The number of phenols is 1. The number of phenolic OH excluding ortho intramolecular Hbond substituents is 1. The maximum absolute atomic E-state index is 13.7. The van der Waals surface area contributed by atoms with E-state index in [1.807, 2.05) is 48.5 Å². The van der Waals surface area contributed by atoms with Crippen LogP contribution in [0.1, 0.15) is 53.2 Å². The predicted molar refractivity (Wildman–Crippen MR) is 172 cm³/mol. The number of nitrogens with zero attached hydrogens (tertiary/aromatic N) is 2. The molecule has 0 radical (unpaired) electrons. The molecule has 2 fully saturated rings. The number of rotatable bonds is 7. The Hall–Kier alpha value is -3.58. The van der Waals surface area contributed by atoms with Crippen molar-refractivity contribution in [2.45, 2.75) is 37.8 Å². The molecule has 1 aliphatic heterocycles. The van der Waals surface area contributed by atoms with E-state index in [4.69, 9.17) is 23.2 Å². The fourth-order valence-electron chi connectivity index (χ4n) is 6.33. The molecule has 0 spiro atoms. The van der Waals surface area contributed by atoms with E-state index in [1.165, 1.54) is 12.1 Å². The number of nitrogens with one attached hydrogen (secondary N) is 1. The average Bonchev–Trinajstić information content (AvgIpc) is 3.54. The number of carbonyl (C=O) groups excluding carboxylic acids is 1. The average molecular weight is 619 g/mol. The molecule has 1 heterocycles. The first-order chi connectivity index (χ1) is 20.9. The van der Waals surface area contributed by atoms with Crippen molar-refractivity contribution < 1.29 is 14.3 Å². The van der Waals surface area contributed by atoms with Gasteiger partial charge in [0.25, 0.3) is 5.91 Å². The first-order valence-electron chi connectivity index (χ1n) is 14.8. The van der Waals surface area contributed by atoms with Crippen molar-refractivity contribution in [2.24, 2.45) is 0 Å². The lowest BCUT2D eigenvalue weighted by Gasteiger charge is -2.41. The lowest BCUT2D eigenvalue weighted by Crippen LogP contribution is -2.48. The summed E-state index contributed by atoms with van der Waals surface area (Å²) in [6.07, 6.45) is 4.31. The zero-order valence-electron chi connectivity index (χ0n) is 23.8. The molecule has 8 heteroatoms. The SMILES string of the molecule is O=C(NC1CCCC1)c1cccc(C(c2cc(-c3ccc(F)cc3)ccc2O)N2CCN(c3cccc(Cl)c3Cl)CC2)c1. The molecule has 1 amide bonds. The van der Waals surface area contributed by atoms with Gasteiger partial charge < -0.3 is 15.3 Å². The number of anilines is 1. The van der Waals surface area contributed by atoms with Gasteiger partial charge in [0.1, 0.15) is 11.6 Å². The van der Waals surface area contributed by atoms with Gasteiger partial charge in [-0.15, -0.1) is 0 Å². The molecule has 2 aliphatic rings. The van der Waals surface area contributed by atoms with Crippen LogP contribution in [0.4, 0.5) is 10.1 Å². The van der Waals surface area contributed by atoms with Crippen LogP contribution in [0.15, 0.2) is 84.9 Å². The van der Waals surface area contributed by atoms with Gasteiger partial charge >= 0.3 is 0 Å². The quantitative estimate of drug-likeness (QED) is 0.220. The van der Waals surface area contributed by atoms with Crippen molar-refractivity contribution in [3.63, 3.8) is 0 Å². The van der Waals surface area contributed by atoms with Gasteiger partial charge in [-0.25, -0.2) is 4.39 Å². The molecule has 0 aromatic heterocycles. The second-order valence-electron chi connectivity index (χ2n) is 11.4. The third kappa shape index (κ3) is 6.52. The van der Waals surface area contributed by atoms with Gasteiger partial charge in [0.15, 0.2) is 0 Å². The predicted octanol–water partition coefficient (Wildman–Crippen LogP) is 8.09. The van der Waals surface area contributed by atoms with Crippen molar-refractivity contribution in [3.8, 4) is 16.9 Å². The van der Waals surface area contributed by atoms with E-state index in [9.17, 15) is 14.3 Å². The van der Waals surface area contributed by atoms with Crippen LogP contribution >= 0.6 is 23.2 Å². The van der Waals surface area contributed by atoms with Crippen molar-refractivity contribution in [2.75, 3.05) is 31.1 Å². The second kappa shape index (κ2) is 13.0. The van der Waals surface area contributed by atoms with Gasteiger partial charge in [-0.05, 0) is 78.1 Å². The highest BCUT2D eigenvalue weighted by Crippen LogP contribution is 2.39. The van der Waals surface area contributed by atoms with Crippen LogP contribution in [0.3, 0.4) is 0 Å². The summed E-state index contributed by atoms with van der Waals surface area (Å²) in [5, 5.41) is 15.5. The van der Waals surface area contributed by atoms with Crippen LogP contribution < -0.4 is 10.2 Å². The molecule has 1 aliphatic carbocycles.